The third-order valence-electron chi connectivity index (χ3n) is 12.4. The van der Waals surface area contributed by atoms with Crippen molar-refractivity contribution in [2.24, 2.45) is 0 Å². The van der Waals surface area contributed by atoms with Gasteiger partial charge in [-0.25, -0.2) is 9.36 Å². The molecule has 314 valence electrons. The van der Waals surface area contributed by atoms with Gasteiger partial charge in [0.05, 0.1) is 22.4 Å². The second-order valence-electron chi connectivity index (χ2n) is 19.2. The fourth-order valence-corrected chi connectivity index (χ4v) is 8.60. The Kier molecular flexibility index (Phi) is 13.7. The van der Waals surface area contributed by atoms with Crippen LogP contribution in [-0.2, 0) is 23.7 Å². The van der Waals surface area contributed by atoms with Crippen LogP contribution in [0.4, 0.5) is 0 Å². The van der Waals surface area contributed by atoms with Crippen molar-refractivity contribution in [1.29, 1.82) is 0 Å². The molecule has 0 fully saturated rings. The monoisotopic (exact) mass is 801 g/mol. The minimum Gasteiger partial charge on any atom is -0.213 e. The Labute approximate surface area is 359 Å². The molecule has 7 rings (SSSR count). The number of fused-ring (bicyclic) bond motifs is 2. The summed E-state index contributed by atoms with van der Waals surface area (Å²) in [5, 5.41) is 18.7. The number of hydrogen-bond donors (Lipinski definition) is 0. The largest absolute Gasteiger partial charge is 0.213 e. The van der Waals surface area contributed by atoms with E-state index in [0.29, 0.717) is 0 Å². The second-order valence-corrected chi connectivity index (χ2v) is 19.2. The fraction of sp³-hybridized carbons (Fsp3) is 0.444. The molecule has 0 bridgehead atoms. The van der Waals surface area contributed by atoms with E-state index >= 15 is 0 Å². The molecule has 0 spiro atoms. The molecule has 0 saturated carbocycles. The first-order valence-corrected chi connectivity index (χ1v) is 23.0. The van der Waals surface area contributed by atoms with Crippen molar-refractivity contribution >= 4 is 22.1 Å². The van der Waals surface area contributed by atoms with Gasteiger partial charge in [0.1, 0.15) is 11.0 Å². The number of nitrogens with zero attached hydrogens (tertiary/aromatic N) is 6. The van der Waals surface area contributed by atoms with Gasteiger partial charge in [-0.1, -0.05) is 179 Å². The molecule has 0 N–H and O–H groups in total. The zero-order valence-electron chi connectivity index (χ0n) is 37.8. The van der Waals surface area contributed by atoms with E-state index in [1.807, 2.05) is 9.36 Å². The summed E-state index contributed by atoms with van der Waals surface area (Å²) in [6.07, 6.45) is 17.3. The predicted octanol–water partition coefficient (Wildman–Crippen LogP) is 14.9. The van der Waals surface area contributed by atoms with Crippen LogP contribution < -0.4 is 0 Å². The van der Waals surface area contributed by atoms with Gasteiger partial charge in [-0.2, -0.15) is 0 Å². The molecule has 0 aliphatic carbocycles. The van der Waals surface area contributed by atoms with Gasteiger partial charge in [-0.05, 0) is 130 Å². The zero-order valence-corrected chi connectivity index (χ0v) is 37.8. The number of rotatable bonds is 18. The van der Waals surface area contributed by atoms with E-state index < -0.39 is 0 Å². The van der Waals surface area contributed by atoms with Crippen LogP contribution in [0.2, 0.25) is 0 Å². The highest BCUT2D eigenvalue weighted by Gasteiger charge is 2.19. The summed E-state index contributed by atoms with van der Waals surface area (Å²) in [6.45, 7) is 18.1. The highest BCUT2D eigenvalue weighted by atomic mass is 15.4. The van der Waals surface area contributed by atoms with Crippen LogP contribution in [0.15, 0.2) is 97.1 Å². The fourth-order valence-electron chi connectivity index (χ4n) is 8.60. The lowest BCUT2D eigenvalue weighted by molar-refractivity contribution is 0.589. The third-order valence-corrected chi connectivity index (χ3v) is 12.4. The van der Waals surface area contributed by atoms with Crippen molar-refractivity contribution in [2.45, 2.75) is 156 Å². The Hall–Kier alpha value is -5.10. The van der Waals surface area contributed by atoms with Crippen molar-refractivity contribution in [3.05, 3.63) is 119 Å². The van der Waals surface area contributed by atoms with E-state index in [9.17, 15) is 0 Å². The number of aromatic nitrogens is 6. The summed E-state index contributed by atoms with van der Waals surface area (Å²) < 4.78 is 3.98. The number of aryl methyl sites for hydroxylation is 2. The second kappa shape index (κ2) is 19.1. The quantitative estimate of drug-likeness (QED) is 0.0811. The maximum absolute atomic E-state index is 4.73. The molecule has 2 heterocycles. The first-order valence-electron chi connectivity index (χ1n) is 23.0. The highest BCUT2D eigenvalue weighted by molar-refractivity contribution is 5.87. The van der Waals surface area contributed by atoms with Crippen molar-refractivity contribution in [2.75, 3.05) is 0 Å². The molecule has 7 aromatic rings. The molecule has 2 aromatic heterocycles. The molecular formula is C54H68N6. The van der Waals surface area contributed by atoms with Gasteiger partial charge in [0.25, 0.3) is 0 Å². The molecule has 5 aromatic carbocycles. The van der Waals surface area contributed by atoms with Crippen LogP contribution >= 0.6 is 0 Å². The predicted molar refractivity (Wildman–Crippen MR) is 254 cm³/mol. The van der Waals surface area contributed by atoms with Crippen LogP contribution in [0.25, 0.3) is 55.7 Å². The van der Waals surface area contributed by atoms with Gasteiger partial charge in [-0.3, -0.25) is 0 Å². The molecule has 0 aliphatic rings. The van der Waals surface area contributed by atoms with Gasteiger partial charge >= 0.3 is 0 Å². The Morgan fingerprint density at radius 1 is 0.417 bits per heavy atom. The summed E-state index contributed by atoms with van der Waals surface area (Å²) in [5.74, 6) is 0. The molecule has 0 amide bonds. The standard InChI is InChI=1S/C54H68N6/c1-9-11-13-15-17-19-21-39-36-48(42-23-33-49-52(38-42)60(57-55-49)46-31-27-44(28-32-46)54(6,7)8)40(22-20-18-16-14-12-10-2)35-47(39)41-24-34-51-50(37-41)56-58-59(51)45-29-25-43(26-30-45)53(3,4)5/h23-38H,9-22H2,1-8H3. The zero-order chi connectivity index (χ0) is 42.3. The maximum Gasteiger partial charge on any atom is 0.114 e. The SMILES string of the molecule is CCCCCCCCc1cc(-c2ccc3nnn(-c4ccc(C(C)(C)C)cc4)c3c2)c(CCCCCCCC)cc1-c1ccc2c(c1)nnn2-c1ccc(C(C)(C)C)cc1. The molecule has 0 atom stereocenters. The van der Waals surface area contributed by atoms with E-state index in [1.54, 1.807) is 0 Å². The highest BCUT2D eigenvalue weighted by Crippen LogP contribution is 2.37. The van der Waals surface area contributed by atoms with Crippen LogP contribution in [0, 0.1) is 0 Å². The lowest BCUT2D eigenvalue weighted by atomic mass is 9.86. The first-order chi connectivity index (χ1) is 28.9. The molecule has 60 heavy (non-hydrogen) atoms. The number of unbranched alkanes of at least 4 members (excludes halogenated alkanes) is 10. The van der Waals surface area contributed by atoms with Crippen LogP contribution in [0.1, 0.15) is 155 Å². The summed E-state index contributed by atoms with van der Waals surface area (Å²) >= 11 is 0. The molecular weight excluding hydrogens is 733 g/mol. The minimum atomic E-state index is 0.0884. The van der Waals surface area contributed by atoms with Gasteiger partial charge in [0, 0.05) is 0 Å². The average Bonchev–Trinajstić information content (AvgIpc) is 3.87. The van der Waals surface area contributed by atoms with E-state index in [-0.39, 0.29) is 10.8 Å². The summed E-state index contributed by atoms with van der Waals surface area (Å²) in [4.78, 5) is 0. The summed E-state index contributed by atoms with van der Waals surface area (Å²) in [7, 11) is 0. The van der Waals surface area contributed by atoms with E-state index in [2.05, 4.69) is 168 Å². The average molecular weight is 801 g/mol. The Bertz CT molecular complexity index is 2470. The minimum absolute atomic E-state index is 0.0884. The van der Waals surface area contributed by atoms with Crippen molar-refractivity contribution in [1.82, 2.24) is 30.0 Å². The maximum atomic E-state index is 4.73. The lowest BCUT2D eigenvalue weighted by Gasteiger charge is -2.19. The molecule has 6 nitrogen and oxygen atoms in total. The molecule has 0 radical (unpaired) electrons. The molecule has 0 saturated heterocycles. The lowest BCUT2D eigenvalue weighted by Crippen LogP contribution is -2.11. The van der Waals surface area contributed by atoms with Gasteiger partial charge in [0.15, 0.2) is 0 Å². The van der Waals surface area contributed by atoms with Crippen LogP contribution in [0.5, 0.6) is 0 Å². The third kappa shape index (κ3) is 10.1. The normalized spacial score (nSPS) is 12.3. The Morgan fingerprint density at radius 3 is 1.35 bits per heavy atom. The van der Waals surface area contributed by atoms with Crippen LogP contribution in [0.3, 0.4) is 0 Å². The number of hydrogen-bond acceptors (Lipinski definition) is 4. The van der Waals surface area contributed by atoms with Crippen molar-refractivity contribution < 1.29 is 0 Å². The molecule has 0 unspecified atom stereocenters. The number of benzene rings is 5. The van der Waals surface area contributed by atoms with Gasteiger partial charge in [-0.15, -0.1) is 10.2 Å². The van der Waals surface area contributed by atoms with Crippen LogP contribution in [-0.4, -0.2) is 30.0 Å². The van der Waals surface area contributed by atoms with E-state index in [4.69, 9.17) is 5.10 Å². The van der Waals surface area contributed by atoms with Gasteiger partial charge in [0.2, 0.25) is 0 Å². The Morgan fingerprint density at radius 2 is 0.850 bits per heavy atom. The van der Waals surface area contributed by atoms with Gasteiger partial charge < -0.3 is 0 Å². The smallest absolute Gasteiger partial charge is 0.114 e. The molecule has 6 heteroatoms. The molecule has 0 aliphatic heterocycles. The van der Waals surface area contributed by atoms with E-state index in [1.165, 1.54) is 122 Å². The van der Waals surface area contributed by atoms with Crippen molar-refractivity contribution in [3.8, 4) is 33.6 Å². The topological polar surface area (TPSA) is 61.4 Å². The van der Waals surface area contributed by atoms with Crippen molar-refractivity contribution in [3.63, 3.8) is 0 Å². The summed E-state index contributed by atoms with van der Waals surface area (Å²) in [6, 6.07) is 36.1. The van der Waals surface area contributed by atoms with E-state index in [0.717, 1.165) is 46.3 Å². The first kappa shape index (κ1) is 43.0. The Balaban J connectivity index is 1.29. The summed E-state index contributed by atoms with van der Waals surface area (Å²) in [5.41, 5.74) is 16.7.